The predicted molar refractivity (Wildman–Crippen MR) is 77.6 cm³/mol. The number of aliphatic carboxylic acids is 1. The van der Waals surface area contributed by atoms with Crippen molar-refractivity contribution >= 4 is 28.8 Å². The van der Waals surface area contributed by atoms with Gasteiger partial charge in [-0.1, -0.05) is 31.7 Å². The van der Waals surface area contributed by atoms with Crippen LogP contribution in [0.3, 0.4) is 0 Å². The van der Waals surface area contributed by atoms with Crippen LogP contribution in [-0.4, -0.2) is 26.4 Å². The van der Waals surface area contributed by atoms with Crippen molar-refractivity contribution in [3.63, 3.8) is 0 Å². The lowest BCUT2D eigenvalue weighted by Crippen LogP contribution is -2.07. The van der Waals surface area contributed by atoms with E-state index in [4.69, 9.17) is 10.4 Å². The highest BCUT2D eigenvalue weighted by atomic mass is 32.2. The molecule has 0 fully saturated rings. The van der Waals surface area contributed by atoms with Gasteiger partial charge in [-0.2, -0.15) is 5.26 Å². The molecule has 5 nitrogen and oxygen atoms in total. The fraction of sp³-hybridized carbons (Fsp3) is 0.357. The number of benzene rings is 1. The number of carboxylic acid groups (broad SMARTS) is 1. The van der Waals surface area contributed by atoms with Crippen LogP contribution in [0.15, 0.2) is 23.4 Å². The number of nitriles is 1. The zero-order valence-corrected chi connectivity index (χ0v) is 12.1. The molecule has 1 aromatic carbocycles. The summed E-state index contributed by atoms with van der Waals surface area (Å²) in [5.41, 5.74) is 2.04. The lowest BCUT2D eigenvalue weighted by atomic mass is 10.2. The van der Waals surface area contributed by atoms with E-state index in [0.717, 1.165) is 12.1 Å². The summed E-state index contributed by atoms with van der Waals surface area (Å²) >= 11 is 1.18. The van der Waals surface area contributed by atoms with Crippen LogP contribution in [0.4, 0.5) is 0 Å². The van der Waals surface area contributed by atoms with Crippen LogP contribution < -0.4 is 0 Å². The molecule has 0 unspecified atom stereocenters. The highest BCUT2D eigenvalue weighted by Crippen LogP contribution is 2.27. The molecule has 0 radical (unpaired) electrons. The van der Waals surface area contributed by atoms with Crippen molar-refractivity contribution in [1.82, 2.24) is 9.55 Å². The summed E-state index contributed by atoms with van der Waals surface area (Å²) in [6.45, 7) is 4.92. The van der Waals surface area contributed by atoms with E-state index in [1.807, 2.05) is 16.7 Å². The van der Waals surface area contributed by atoms with Crippen LogP contribution in [0.2, 0.25) is 0 Å². The first-order chi connectivity index (χ1) is 9.52. The van der Waals surface area contributed by atoms with Crippen LogP contribution in [-0.2, 0) is 11.3 Å². The monoisotopic (exact) mass is 289 g/mol. The molecular weight excluding hydrogens is 274 g/mol. The lowest BCUT2D eigenvalue weighted by Gasteiger charge is -2.10. The van der Waals surface area contributed by atoms with E-state index in [2.05, 4.69) is 24.9 Å². The molecule has 2 aromatic rings. The third-order valence-corrected chi connectivity index (χ3v) is 3.70. The zero-order valence-electron chi connectivity index (χ0n) is 11.3. The number of thioether (sulfide) groups is 1. The van der Waals surface area contributed by atoms with E-state index in [1.165, 1.54) is 11.8 Å². The number of carbonyl (C=O) groups is 1. The van der Waals surface area contributed by atoms with Gasteiger partial charge < -0.3 is 9.67 Å². The van der Waals surface area contributed by atoms with Crippen molar-refractivity contribution in [2.24, 2.45) is 5.92 Å². The highest BCUT2D eigenvalue weighted by molar-refractivity contribution is 7.99. The van der Waals surface area contributed by atoms with Crippen molar-refractivity contribution in [2.75, 3.05) is 5.75 Å². The highest BCUT2D eigenvalue weighted by Gasteiger charge is 2.15. The van der Waals surface area contributed by atoms with Crippen LogP contribution in [0.1, 0.15) is 19.4 Å². The smallest absolute Gasteiger partial charge is 0.313 e. The Kier molecular flexibility index (Phi) is 4.30. The molecule has 104 valence electrons. The van der Waals surface area contributed by atoms with E-state index in [9.17, 15) is 4.79 Å². The Morgan fingerprint density at radius 3 is 2.90 bits per heavy atom. The van der Waals surface area contributed by atoms with Gasteiger partial charge in [0.05, 0.1) is 16.8 Å². The first kappa shape index (κ1) is 14.4. The minimum Gasteiger partial charge on any atom is -0.481 e. The first-order valence-electron chi connectivity index (χ1n) is 6.27. The number of imidazole rings is 1. The second-order valence-electron chi connectivity index (χ2n) is 4.87. The number of para-hydroxylation sites is 1. The quantitative estimate of drug-likeness (QED) is 0.856. The lowest BCUT2D eigenvalue weighted by molar-refractivity contribution is -0.133. The second kappa shape index (κ2) is 5.97. The van der Waals surface area contributed by atoms with Gasteiger partial charge in [0.15, 0.2) is 5.16 Å². The third kappa shape index (κ3) is 2.94. The Labute approximate surface area is 121 Å². The van der Waals surface area contributed by atoms with Gasteiger partial charge in [-0.15, -0.1) is 0 Å². The molecule has 0 saturated carbocycles. The van der Waals surface area contributed by atoms with E-state index in [0.29, 0.717) is 22.2 Å². The van der Waals surface area contributed by atoms with Crippen molar-refractivity contribution in [1.29, 1.82) is 5.26 Å². The van der Waals surface area contributed by atoms with Gasteiger partial charge in [0.25, 0.3) is 0 Å². The molecule has 0 spiro atoms. The molecule has 0 aliphatic rings. The molecule has 20 heavy (non-hydrogen) atoms. The molecule has 0 amide bonds. The van der Waals surface area contributed by atoms with Crippen molar-refractivity contribution in [2.45, 2.75) is 25.5 Å². The summed E-state index contributed by atoms with van der Waals surface area (Å²) in [5.74, 6) is -0.510. The number of hydrogen-bond acceptors (Lipinski definition) is 4. The molecule has 2 rings (SSSR count). The summed E-state index contributed by atoms with van der Waals surface area (Å²) in [6.07, 6.45) is 0. The molecule has 1 N–H and O–H groups in total. The van der Waals surface area contributed by atoms with Crippen LogP contribution in [0.25, 0.3) is 11.0 Å². The predicted octanol–water partition coefficient (Wildman–Crippen LogP) is 2.74. The average Bonchev–Trinajstić information content (AvgIpc) is 2.74. The molecule has 6 heteroatoms. The number of nitrogens with zero attached hydrogens (tertiary/aromatic N) is 3. The summed E-state index contributed by atoms with van der Waals surface area (Å²) in [7, 11) is 0. The number of hydrogen-bond donors (Lipinski definition) is 1. The largest absolute Gasteiger partial charge is 0.481 e. The molecule has 1 aromatic heterocycles. The van der Waals surface area contributed by atoms with E-state index < -0.39 is 5.97 Å². The SMILES string of the molecule is CC(C)Cn1c(SCC(=O)O)nc2c(C#N)cccc21. The van der Waals surface area contributed by atoms with Gasteiger partial charge in [-0.05, 0) is 18.1 Å². The number of carboxylic acids is 1. The summed E-state index contributed by atoms with van der Waals surface area (Å²) in [5, 5.41) is 18.6. The number of rotatable bonds is 5. The molecule has 0 aliphatic heterocycles. The minimum atomic E-state index is -0.876. The van der Waals surface area contributed by atoms with Crippen LogP contribution in [0, 0.1) is 17.2 Å². The normalized spacial score (nSPS) is 10.9. The fourth-order valence-corrected chi connectivity index (χ4v) is 2.73. The second-order valence-corrected chi connectivity index (χ2v) is 5.81. The Morgan fingerprint density at radius 1 is 1.55 bits per heavy atom. The van der Waals surface area contributed by atoms with Crippen LogP contribution >= 0.6 is 11.8 Å². The standard InChI is InChI=1S/C14H15N3O2S/c1-9(2)7-17-11-5-3-4-10(6-15)13(11)16-14(17)20-8-12(18)19/h3-5,9H,7-8H2,1-2H3,(H,18,19). The van der Waals surface area contributed by atoms with Gasteiger partial charge >= 0.3 is 5.97 Å². The Morgan fingerprint density at radius 2 is 2.30 bits per heavy atom. The van der Waals surface area contributed by atoms with Gasteiger partial charge in [-0.25, -0.2) is 4.98 Å². The molecule has 0 aliphatic carbocycles. The van der Waals surface area contributed by atoms with Crippen molar-refractivity contribution in [3.05, 3.63) is 23.8 Å². The zero-order chi connectivity index (χ0) is 14.7. The number of aromatic nitrogens is 2. The van der Waals surface area contributed by atoms with Gasteiger partial charge in [0.2, 0.25) is 0 Å². The van der Waals surface area contributed by atoms with Crippen molar-refractivity contribution < 1.29 is 9.90 Å². The summed E-state index contributed by atoms with van der Waals surface area (Å²) < 4.78 is 1.99. The topological polar surface area (TPSA) is 78.9 Å². The van der Waals surface area contributed by atoms with Crippen molar-refractivity contribution in [3.8, 4) is 6.07 Å². The molecule has 0 atom stereocenters. The summed E-state index contributed by atoms with van der Waals surface area (Å²) in [4.78, 5) is 15.2. The number of fused-ring (bicyclic) bond motifs is 1. The maximum Gasteiger partial charge on any atom is 0.313 e. The van der Waals surface area contributed by atoms with Gasteiger partial charge in [-0.3, -0.25) is 4.79 Å². The Balaban J connectivity index is 2.54. The maximum absolute atomic E-state index is 10.7. The molecular formula is C14H15N3O2S. The Hall–Kier alpha value is -2.00. The van der Waals surface area contributed by atoms with Gasteiger partial charge in [0, 0.05) is 6.54 Å². The third-order valence-electron chi connectivity index (χ3n) is 2.74. The fourth-order valence-electron chi connectivity index (χ4n) is 1.99. The molecule has 0 bridgehead atoms. The first-order valence-corrected chi connectivity index (χ1v) is 7.25. The van der Waals surface area contributed by atoms with E-state index in [-0.39, 0.29) is 5.75 Å². The van der Waals surface area contributed by atoms with E-state index >= 15 is 0 Å². The van der Waals surface area contributed by atoms with E-state index in [1.54, 1.807) is 6.07 Å². The average molecular weight is 289 g/mol. The molecule has 1 heterocycles. The summed E-state index contributed by atoms with van der Waals surface area (Å²) in [6, 6.07) is 7.59. The van der Waals surface area contributed by atoms with Gasteiger partial charge in [0.1, 0.15) is 11.6 Å². The minimum absolute atomic E-state index is 0.0384. The van der Waals surface area contributed by atoms with Crippen LogP contribution in [0.5, 0.6) is 0 Å². The Bertz CT molecular complexity index is 686. The maximum atomic E-state index is 10.7. The molecule has 0 saturated heterocycles.